The quantitative estimate of drug-likeness (QED) is 0.867. The van der Waals surface area contributed by atoms with Crippen LogP contribution in [-0.2, 0) is 16.8 Å². The molecule has 0 bridgehead atoms. The van der Waals surface area contributed by atoms with E-state index in [4.69, 9.17) is 4.74 Å². The Morgan fingerprint density at radius 1 is 1.20 bits per heavy atom. The van der Waals surface area contributed by atoms with Crippen LogP contribution in [0.15, 0.2) is 48.5 Å². The third kappa shape index (κ3) is 3.43. The highest BCUT2D eigenvalue weighted by molar-refractivity contribution is 6.01. The second-order valence-corrected chi connectivity index (χ2v) is 6.69. The average Bonchev–Trinajstić information content (AvgIpc) is 2.78. The van der Waals surface area contributed by atoms with Crippen LogP contribution < -0.4 is 10.1 Å². The van der Waals surface area contributed by atoms with Crippen LogP contribution in [0.2, 0.25) is 0 Å². The van der Waals surface area contributed by atoms with E-state index in [0.717, 1.165) is 11.1 Å². The van der Waals surface area contributed by atoms with Crippen LogP contribution in [-0.4, -0.2) is 18.8 Å². The molecule has 130 valence electrons. The molecular formula is C21H23NO3. The SMILES string of the molecule is COc1ccc2c(c1)[C@](C)(C(=O)NCc1ccccc1)CCCC2=O. The number of hydrogen-bond acceptors (Lipinski definition) is 3. The van der Waals surface area contributed by atoms with E-state index in [2.05, 4.69) is 5.32 Å². The average molecular weight is 337 g/mol. The molecule has 1 aliphatic carbocycles. The number of carbonyl (C=O) groups is 2. The van der Waals surface area contributed by atoms with Crippen LogP contribution >= 0.6 is 0 Å². The maximum Gasteiger partial charge on any atom is 0.230 e. The largest absolute Gasteiger partial charge is 0.497 e. The molecule has 0 unspecified atom stereocenters. The van der Waals surface area contributed by atoms with Crippen molar-refractivity contribution in [3.05, 3.63) is 65.2 Å². The van der Waals surface area contributed by atoms with Crippen LogP contribution in [0.4, 0.5) is 0 Å². The summed E-state index contributed by atoms with van der Waals surface area (Å²) in [7, 11) is 1.59. The van der Waals surface area contributed by atoms with Gasteiger partial charge in [-0.3, -0.25) is 9.59 Å². The summed E-state index contributed by atoms with van der Waals surface area (Å²) in [5.41, 5.74) is 1.70. The van der Waals surface area contributed by atoms with Gasteiger partial charge >= 0.3 is 0 Å². The molecule has 1 atom stereocenters. The summed E-state index contributed by atoms with van der Waals surface area (Å²) in [6.07, 6.45) is 1.81. The Labute approximate surface area is 148 Å². The number of Topliss-reactive ketones (excluding diaryl/α,β-unsaturated/α-hetero) is 1. The predicted octanol–water partition coefficient (Wildman–Crippen LogP) is 3.64. The zero-order valence-electron chi connectivity index (χ0n) is 14.7. The third-order valence-corrected chi connectivity index (χ3v) is 5.00. The van der Waals surface area contributed by atoms with E-state index in [-0.39, 0.29) is 11.7 Å². The Balaban J connectivity index is 1.92. The fourth-order valence-corrected chi connectivity index (χ4v) is 3.43. The Kier molecular flexibility index (Phi) is 4.88. The Morgan fingerprint density at radius 3 is 2.68 bits per heavy atom. The van der Waals surface area contributed by atoms with Gasteiger partial charge in [-0.1, -0.05) is 30.3 Å². The first-order valence-corrected chi connectivity index (χ1v) is 8.58. The second kappa shape index (κ2) is 7.09. The van der Waals surface area contributed by atoms with E-state index in [0.29, 0.717) is 37.1 Å². The molecule has 1 aliphatic rings. The Morgan fingerprint density at radius 2 is 1.96 bits per heavy atom. The van der Waals surface area contributed by atoms with Crippen molar-refractivity contribution in [2.45, 2.75) is 38.1 Å². The van der Waals surface area contributed by atoms with Gasteiger partial charge in [0.15, 0.2) is 5.78 Å². The number of rotatable bonds is 4. The number of amides is 1. The summed E-state index contributed by atoms with van der Waals surface area (Å²) >= 11 is 0. The fourth-order valence-electron chi connectivity index (χ4n) is 3.43. The molecule has 2 aromatic carbocycles. The molecule has 25 heavy (non-hydrogen) atoms. The van der Waals surface area contributed by atoms with E-state index in [1.54, 1.807) is 19.2 Å². The lowest BCUT2D eigenvalue weighted by atomic mass is 9.76. The molecule has 0 radical (unpaired) electrons. The van der Waals surface area contributed by atoms with Gasteiger partial charge in [0.25, 0.3) is 0 Å². The van der Waals surface area contributed by atoms with Gasteiger partial charge in [0, 0.05) is 18.5 Å². The monoisotopic (exact) mass is 337 g/mol. The number of hydrogen-bond donors (Lipinski definition) is 1. The summed E-state index contributed by atoms with van der Waals surface area (Å²) < 4.78 is 5.32. The Bertz CT molecular complexity index is 785. The van der Waals surface area contributed by atoms with Crippen molar-refractivity contribution in [1.29, 1.82) is 0 Å². The van der Waals surface area contributed by atoms with Crippen molar-refractivity contribution >= 4 is 11.7 Å². The van der Waals surface area contributed by atoms with E-state index in [1.165, 1.54) is 0 Å². The molecule has 0 saturated carbocycles. The van der Waals surface area contributed by atoms with E-state index in [1.807, 2.05) is 43.3 Å². The topological polar surface area (TPSA) is 55.4 Å². The number of benzene rings is 2. The normalized spacial score (nSPS) is 19.7. The standard InChI is InChI=1S/C21H23NO3/c1-21(20(24)22-14-15-7-4-3-5-8-15)12-6-9-19(23)17-11-10-16(25-2)13-18(17)21/h3-5,7-8,10-11,13H,6,9,12,14H2,1-2H3,(H,22,24)/t21-/m1/s1. The fraction of sp³-hybridized carbons (Fsp3) is 0.333. The van der Waals surface area contributed by atoms with Crippen molar-refractivity contribution in [3.8, 4) is 5.75 Å². The molecule has 4 nitrogen and oxygen atoms in total. The number of ketones is 1. The minimum Gasteiger partial charge on any atom is -0.497 e. The van der Waals surface area contributed by atoms with Gasteiger partial charge in [-0.2, -0.15) is 0 Å². The van der Waals surface area contributed by atoms with Crippen molar-refractivity contribution in [1.82, 2.24) is 5.32 Å². The number of fused-ring (bicyclic) bond motifs is 1. The first-order valence-electron chi connectivity index (χ1n) is 8.58. The summed E-state index contributed by atoms with van der Waals surface area (Å²) in [5.74, 6) is 0.702. The first kappa shape index (κ1) is 17.2. The summed E-state index contributed by atoms with van der Waals surface area (Å²) in [6, 6.07) is 15.2. The van der Waals surface area contributed by atoms with Gasteiger partial charge in [-0.15, -0.1) is 0 Å². The number of methoxy groups -OCH3 is 1. The van der Waals surface area contributed by atoms with Gasteiger partial charge in [-0.25, -0.2) is 0 Å². The van der Waals surface area contributed by atoms with Crippen molar-refractivity contribution < 1.29 is 14.3 Å². The zero-order chi connectivity index (χ0) is 17.9. The van der Waals surface area contributed by atoms with Crippen LogP contribution in [0.5, 0.6) is 5.75 Å². The highest BCUT2D eigenvalue weighted by atomic mass is 16.5. The smallest absolute Gasteiger partial charge is 0.230 e. The number of carbonyl (C=O) groups excluding carboxylic acids is 2. The predicted molar refractivity (Wildman–Crippen MR) is 96.8 cm³/mol. The van der Waals surface area contributed by atoms with E-state index >= 15 is 0 Å². The van der Waals surface area contributed by atoms with Gasteiger partial charge < -0.3 is 10.1 Å². The number of ether oxygens (including phenoxy) is 1. The summed E-state index contributed by atoms with van der Waals surface area (Å²) in [4.78, 5) is 25.5. The van der Waals surface area contributed by atoms with Crippen LogP contribution in [0.1, 0.15) is 47.7 Å². The third-order valence-electron chi connectivity index (χ3n) is 5.00. The van der Waals surface area contributed by atoms with Gasteiger partial charge in [0.05, 0.1) is 12.5 Å². The lowest BCUT2D eigenvalue weighted by Gasteiger charge is -2.29. The highest BCUT2D eigenvalue weighted by Gasteiger charge is 2.39. The lowest BCUT2D eigenvalue weighted by molar-refractivity contribution is -0.126. The minimum absolute atomic E-state index is 0.0550. The van der Waals surface area contributed by atoms with Gasteiger partial charge in [0.2, 0.25) is 5.91 Å². The molecule has 3 rings (SSSR count). The molecule has 4 heteroatoms. The molecule has 0 saturated heterocycles. The minimum atomic E-state index is -0.745. The molecule has 1 N–H and O–H groups in total. The van der Waals surface area contributed by atoms with E-state index < -0.39 is 5.41 Å². The number of nitrogens with one attached hydrogen (secondary N) is 1. The van der Waals surface area contributed by atoms with Crippen molar-refractivity contribution in [2.75, 3.05) is 7.11 Å². The van der Waals surface area contributed by atoms with Crippen LogP contribution in [0.3, 0.4) is 0 Å². The van der Waals surface area contributed by atoms with Gasteiger partial charge in [-0.05, 0) is 49.1 Å². The summed E-state index contributed by atoms with van der Waals surface area (Å²) in [5, 5.41) is 3.04. The Hall–Kier alpha value is -2.62. The summed E-state index contributed by atoms with van der Waals surface area (Å²) in [6.45, 7) is 2.40. The molecule has 0 aliphatic heterocycles. The second-order valence-electron chi connectivity index (χ2n) is 6.69. The molecule has 1 amide bonds. The first-order chi connectivity index (χ1) is 12.0. The van der Waals surface area contributed by atoms with Gasteiger partial charge in [0.1, 0.15) is 5.75 Å². The molecule has 0 heterocycles. The van der Waals surface area contributed by atoms with Crippen molar-refractivity contribution in [3.63, 3.8) is 0 Å². The van der Waals surface area contributed by atoms with Crippen molar-refractivity contribution in [2.24, 2.45) is 0 Å². The van der Waals surface area contributed by atoms with Crippen LogP contribution in [0.25, 0.3) is 0 Å². The molecule has 0 aromatic heterocycles. The van der Waals surface area contributed by atoms with Crippen LogP contribution in [0, 0.1) is 0 Å². The zero-order valence-corrected chi connectivity index (χ0v) is 14.7. The molecule has 0 spiro atoms. The maximum atomic E-state index is 13.1. The highest BCUT2D eigenvalue weighted by Crippen LogP contribution is 2.38. The molecule has 0 fully saturated rings. The molecular weight excluding hydrogens is 314 g/mol. The molecule has 2 aromatic rings. The van der Waals surface area contributed by atoms with E-state index in [9.17, 15) is 9.59 Å². The maximum absolute atomic E-state index is 13.1. The lowest BCUT2D eigenvalue weighted by Crippen LogP contribution is -2.42.